The van der Waals surface area contributed by atoms with Crippen LogP contribution >= 0.6 is 15.9 Å². The first kappa shape index (κ1) is 16.4. The number of benzene rings is 1. The van der Waals surface area contributed by atoms with E-state index in [4.69, 9.17) is 9.47 Å². The number of carbonyl (C=O) groups is 2. The summed E-state index contributed by atoms with van der Waals surface area (Å²) in [7, 11) is 0. The highest BCUT2D eigenvalue weighted by Crippen LogP contribution is 2.21. The smallest absolute Gasteiger partial charge is 0.254 e. The molecular weight excluding hydrogens is 364 g/mol. The zero-order valence-corrected chi connectivity index (χ0v) is 14.4. The summed E-state index contributed by atoms with van der Waals surface area (Å²) in [6.45, 7) is 4.36. The van der Waals surface area contributed by atoms with Gasteiger partial charge in [0.15, 0.2) is 0 Å². The summed E-state index contributed by atoms with van der Waals surface area (Å²) < 4.78 is 11.4. The standard InChI is InChI=1S/C16H19BrN2O4/c17-12-1-2-13(15(20)18-3-7-22-8-4-18)14(11-12)16(21)19-5-9-23-10-6-19/h1-2,11H,3-10H2. The van der Waals surface area contributed by atoms with E-state index in [-0.39, 0.29) is 11.8 Å². The molecular formula is C16H19BrN2O4. The van der Waals surface area contributed by atoms with Gasteiger partial charge in [0.25, 0.3) is 11.8 Å². The first-order valence-corrected chi connectivity index (χ1v) is 8.50. The lowest BCUT2D eigenvalue weighted by Gasteiger charge is -2.30. The van der Waals surface area contributed by atoms with Crippen LogP contribution in [0.25, 0.3) is 0 Å². The second-order valence-corrected chi connectivity index (χ2v) is 6.41. The maximum Gasteiger partial charge on any atom is 0.254 e. The molecule has 0 unspecified atom stereocenters. The summed E-state index contributed by atoms with van der Waals surface area (Å²) in [5.41, 5.74) is 0.893. The van der Waals surface area contributed by atoms with Crippen molar-refractivity contribution in [1.82, 2.24) is 9.80 Å². The summed E-state index contributed by atoms with van der Waals surface area (Å²) in [5.74, 6) is -0.233. The van der Waals surface area contributed by atoms with Crippen molar-refractivity contribution in [3.05, 3.63) is 33.8 Å². The van der Waals surface area contributed by atoms with Crippen LogP contribution in [0, 0.1) is 0 Å². The van der Waals surface area contributed by atoms with E-state index in [0.717, 1.165) is 4.47 Å². The number of hydrogen-bond acceptors (Lipinski definition) is 4. The van der Waals surface area contributed by atoms with Gasteiger partial charge in [0, 0.05) is 30.7 Å². The first-order valence-electron chi connectivity index (χ1n) is 7.70. The Hall–Kier alpha value is -1.44. The Morgan fingerprint density at radius 1 is 0.826 bits per heavy atom. The maximum absolute atomic E-state index is 12.8. The van der Waals surface area contributed by atoms with Crippen LogP contribution in [-0.2, 0) is 9.47 Å². The summed E-state index contributed by atoms with van der Waals surface area (Å²) >= 11 is 3.39. The monoisotopic (exact) mass is 382 g/mol. The molecule has 0 bridgehead atoms. The highest BCUT2D eigenvalue weighted by Gasteiger charge is 2.27. The molecule has 0 atom stereocenters. The molecule has 0 saturated carbocycles. The minimum absolute atomic E-state index is 0.114. The molecule has 2 aliphatic rings. The second-order valence-electron chi connectivity index (χ2n) is 5.50. The molecule has 0 aliphatic carbocycles. The minimum Gasteiger partial charge on any atom is -0.378 e. The Bertz CT molecular complexity index is 596. The van der Waals surface area contributed by atoms with Crippen LogP contribution in [0.5, 0.6) is 0 Å². The number of morpholine rings is 2. The number of rotatable bonds is 2. The van der Waals surface area contributed by atoms with Gasteiger partial charge >= 0.3 is 0 Å². The molecule has 124 valence electrons. The molecule has 1 aromatic carbocycles. The predicted octanol–water partition coefficient (Wildman–Crippen LogP) is 1.39. The van der Waals surface area contributed by atoms with Crippen molar-refractivity contribution in [2.75, 3.05) is 52.6 Å². The molecule has 2 saturated heterocycles. The van der Waals surface area contributed by atoms with Crippen LogP contribution in [0.3, 0.4) is 0 Å². The van der Waals surface area contributed by atoms with Gasteiger partial charge in [-0.1, -0.05) is 15.9 Å². The van der Waals surface area contributed by atoms with Crippen molar-refractivity contribution in [1.29, 1.82) is 0 Å². The third kappa shape index (κ3) is 3.73. The van der Waals surface area contributed by atoms with Gasteiger partial charge in [0.05, 0.1) is 37.6 Å². The fourth-order valence-electron chi connectivity index (χ4n) is 2.75. The normalized spacial score (nSPS) is 18.8. The van der Waals surface area contributed by atoms with Crippen LogP contribution in [0.4, 0.5) is 0 Å². The average molecular weight is 383 g/mol. The minimum atomic E-state index is -0.119. The van der Waals surface area contributed by atoms with E-state index in [9.17, 15) is 9.59 Å². The first-order chi connectivity index (χ1) is 11.2. The molecule has 2 amide bonds. The Labute approximate surface area is 143 Å². The Kier molecular flexibility index (Phi) is 5.30. The fraction of sp³-hybridized carbons (Fsp3) is 0.500. The lowest BCUT2D eigenvalue weighted by atomic mass is 10.0. The number of hydrogen-bond donors (Lipinski definition) is 0. The largest absolute Gasteiger partial charge is 0.378 e. The van der Waals surface area contributed by atoms with Crippen LogP contribution in [-0.4, -0.2) is 74.2 Å². The predicted molar refractivity (Wildman–Crippen MR) is 87.6 cm³/mol. The van der Waals surface area contributed by atoms with Crippen molar-refractivity contribution in [2.24, 2.45) is 0 Å². The lowest BCUT2D eigenvalue weighted by Crippen LogP contribution is -2.43. The van der Waals surface area contributed by atoms with Crippen LogP contribution < -0.4 is 0 Å². The molecule has 23 heavy (non-hydrogen) atoms. The number of amides is 2. The number of halogens is 1. The Morgan fingerprint density at radius 2 is 1.30 bits per heavy atom. The van der Waals surface area contributed by atoms with Gasteiger partial charge in [-0.05, 0) is 18.2 Å². The lowest BCUT2D eigenvalue weighted by molar-refractivity contribution is 0.0279. The van der Waals surface area contributed by atoms with Crippen LogP contribution in [0.2, 0.25) is 0 Å². The van der Waals surface area contributed by atoms with Crippen molar-refractivity contribution >= 4 is 27.7 Å². The van der Waals surface area contributed by atoms with Gasteiger partial charge in [-0.2, -0.15) is 0 Å². The van der Waals surface area contributed by atoms with E-state index in [2.05, 4.69) is 15.9 Å². The van der Waals surface area contributed by atoms with E-state index in [1.165, 1.54) is 0 Å². The molecule has 0 N–H and O–H groups in total. The van der Waals surface area contributed by atoms with Crippen LogP contribution in [0.1, 0.15) is 20.7 Å². The highest BCUT2D eigenvalue weighted by molar-refractivity contribution is 9.10. The molecule has 0 spiro atoms. The molecule has 2 heterocycles. The van der Waals surface area contributed by atoms with Gasteiger partial charge in [-0.3, -0.25) is 9.59 Å². The Morgan fingerprint density at radius 3 is 1.83 bits per heavy atom. The van der Waals surface area contributed by atoms with Crippen molar-refractivity contribution in [3.63, 3.8) is 0 Å². The SMILES string of the molecule is O=C(c1ccc(Br)cc1C(=O)N1CCOCC1)N1CCOCC1. The van der Waals surface area contributed by atoms with Crippen LogP contribution in [0.15, 0.2) is 22.7 Å². The van der Waals surface area contributed by atoms with E-state index in [0.29, 0.717) is 63.7 Å². The van der Waals surface area contributed by atoms with Crippen molar-refractivity contribution in [2.45, 2.75) is 0 Å². The summed E-state index contributed by atoms with van der Waals surface area (Å²) in [6.07, 6.45) is 0. The zero-order chi connectivity index (χ0) is 16.2. The van der Waals surface area contributed by atoms with E-state index in [1.54, 1.807) is 28.0 Å². The summed E-state index contributed by atoms with van der Waals surface area (Å²) in [5, 5.41) is 0. The van der Waals surface area contributed by atoms with Gasteiger partial charge in [0.1, 0.15) is 0 Å². The molecule has 0 aromatic heterocycles. The molecule has 2 fully saturated rings. The van der Waals surface area contributed by atoms with E-state index in [1.807, 2.05) is 0 Å². The fourth-order valence-corrected chi connectivity index (χ4v) is 3.11. The summed E-state index contributed by atoms with van der Waals surface area (Å²) in [4.78, 5) is 29.1. The topological polar surface area (TPSA) is 59.1 Å². The molecule has 6 nitrogen and oxygen atoms in total. The van der Waals surface area contributed by atoms with Gasteiger partial charge < -0.3 is 19.3 Å². The third-order valence-electron chi connectivity index (χ3n) is 4.04. The van der Waals surface area contributed by atoms with E-state index < -0.39 is 0 Å². The van der Waals surface area contributed by atoms with Gasteiger partial charge in [0.2, 0.25) is 0 Å². The van der Waals surface area contributed by atoms with Crippen molar-refractivity contribution < 1.29 is 19.1 Å². The third-order valence-corrected chi connectivity index (χ3v) is 4.53. The molecule has 3 rings (SSSR count). The molecule has 2 aliphatic heterocycles. The average Bonchev–Trinajstić information content (AvgIpc) is 2.62. The number of ether oxygens (including phenoxy) is 2. The molecule has 1 aromatic rings. The van der Waals surface area contributed by atoms with E-state index >= 15 is 0 Å². The molecule has 7 heteroatoms. The van der Waals surface area contributed by atoms with Gasteiger partial charge in [-0.25, -0.2) is 0 Å². The van der Waals surface area contributed by atoms with Crippen molar-refractivity contribution in [3.8, 4) is 0 Å². The zero-order valence-electron chi connectivity index (χ0n) is 12.8. The quantitative estimate of drug-likeness (QED) is 0.775. The molecule has 0 radical (unpaired) electrons. The maximum atomic E-state index is 12.8. The number of nitrogens with zero attached hydrogens (tertiary/aromatic N) is 2. The van der Waals surface area contributed by atoms with Gasteiger partial charge in [-0.15, -0.1) is 0 Å². The second kappa shape index (κ2) is 7.42. The number of carbonyl (C=O) groups excluding carboxylic acids is 2. The highest BCUT2D eigenvalue weighted by atomic mass is 79.9. The summed E-state index contributed by atoms with van der Waals surface area (Å²) in [6, 6.07) is 5.24. The Balaban J connectivity index is 1.87.